The summed E-state index contributed by atoms with van der Waals surface area (Å²) in [6.45, 7) is 1.03. The minimum absolute atomic E-state index is 0.0337. The van der Waals surface area contributed by atoms with Crippen LogP contribution in [0.1, 0.15) is 28.8 Å². The number of carbonyl (C=O) groups excluding carboxylic acids is 2. The second-order valence-corrected chi connectivity index (χ2v) is 7.93. The van der Waals surface area contributed by atoms with Gasteiger partial charge in [0.2, 0.25) is 0 Å². The molecule has 0 N–H and O–H groups in total. The number of fused-ring (bicyclic) bond motifs is 2. The molecule has 2 saturated heterocycles. The normalized spacial score (nSPS) is 22.5. The Morgan fingerprint density at radius 2 is 1.58 bits per heavy atom. The number of carbonyl (C=O) groups is 2. The van der Waals surface area contributed by atoms with Crippen LogP contribution >= 0.6 is 0 Å². The van der Waals surface area contributed by atoms with Gasteiger partial charge in [0.25, 0.3) is 0 Å². The first kappa shape index (κ1) is 21.2. The lowest BCUT2D eigenvalue weighted by Crippen LogP contribution is -2.59. The SMILES string of the molecule is COc1cc(OC)cc(C(=O)C2CC3COCC(C2)N3C(=O)OCc2ccccc2)c1. The standard InChI is InChI=1S/C24H27NO6/c1-28-21-10-18(11-22(12-21)29-2)23(26)17-8-19-14-30-15-20(9-17)25(19)24(27)31-13-16-6-4-3-5-7-16/h3-7,10-12,17,19-20H,8-9,13-15H2,1-2H3. The van der Waals surface area contributed by atoms with Gasteiger partial charge in [0.1, 0.15) is 18.1 Å². The molecule has 2 aliphatic rings. The zero-order valence-corrected chi connectivity index (χ0v) is 17.8. The molecule has 0 aliphatic carbocycles. The van der Waals surface area contributed by atoms with E-state index in [2.05, 4.69) is 0 Å². The van der Waals surface area contributed by atoms with Crippen molar-refractivity contribution in [2.45, 2.75) is 31.5 Å². The average molecular weight is 425 g/mol. The van der Waals surface area contributed by atoms with E-state index in [1.165, 1.54) is 0 Å². The van der Waals surface area contributed by atoms with Gasteiger partial charge >= 0.3 is 6.09 Å². The van der Waals surface area contributed by atoms with E-state index in [4.69, 9.17) is 18.9 Å². The van der Waals surface area contributed by atoms with Crippen molar-refractivity contribution < 1.29 is 28.5 Å². The van der Waals surface area contributed by atoms with Crippen molar-refractivity contribution in [1.29, 1.82) is 0 Å². The third kappa shape index (κ3) is 4.66. The Kier molecular flexibility index (Phi) is 6.42. The van der Waals surface area contributed by atoms with Crippen LogP contribution in [0.3, 0.4) is 0 Å². The van der Waals surface area contributed by atoms with Crippen LogP contribution in [-0.4, -0.2) is 56.3 Å². The molecule has 4 rings (SSSR count). The fraction of sp³-hybridized carbons (Fsp3) is 0.417. The number of ketones is 1. The molecule has 2 aromatic carbocycles. The predicted octanol–water partition coefficient (Wildman–Crippen LogP) is 3.70. The molecule has 2 fully saturated rings. The number of ether oxygens (including phenoxy) is 4. The molecule has 0 saturated carbocycles. The van der Waals surface area contributed by atoms with Crippen LogP contribution in [-0.2, 0) is 16.1 Å². The summed E-state index contributed by atoms with van der Waals surface area (Å²) < 4.78 is 21.8. The van der Waals surface area contributed by atoms with Gasteiger partial charge in [-0.25, -0.2) is 4.79 Å². The number of rotatable bonds is 6. The van der Waals surface area contributed by atoms with Crippen molar-refractivity contribution in [2.24, 2.45) is 5.92 Å². The maximum atomic E-state index is 13.3. The Balaban J connectivity index is 1.45. The topological polar surface area (TPSA) is 74.3 Å². The van der Waals surface area contributed by atoms with Crippen LogP contribution in [0.5, 0.6) is 11.5 Å². The second-order valence-electron chi connectivity index (χ2n) is 7.93. The van der Waals surface area contributed by atoms with Gasteiger partial charge in [0, 0.05) is 17.5 Å². The van der Waals surface area contributed by atoms with Gasteiger partial charge in [-0.1, -0.05) is 30.3 Å². The minimum atomic E-state index is -0.351. The first-order valence-electron chi connectivity index (χ1n) is 10.4. The number of methoxy groups -OCH3 is 2. The van der Waals surface area contributed by atoms with Gasteiger partial charge in [0.05, 0.1) is 39.5 Å². The summed E-state index contributed by atoms with van der Waals surface area (Å²) in [5.74, 6) is 0.988. The third-order valence-corrected chi connectivity index (χ3v) is 5.94. The molecule has 0 spiro atoms. The van der Waals surface area contributed by atoms with Crippen molar-refractivity contribution in [3.63, 3.8) is 0 Å². The summed E-state index contributed by atoms with van der Waals surface area (Å²) in [5.41, 5.74) is 1.49. The van der Waals surface area contributed by atoms with Gasteiger partial charge in [-0.3, -0.25) is 9.69 Å². The summed E-state index contributed by atoms with van der Waals surface area (Å²) in [6.07, 6.45) is 0.723. The van der Waals surface area contributed by atoms with Gasteiger partial charge in [0.15, 0.2) is 5.78 Å². The molecule has 1 amide bonds. The van der Waals surface area contributed by atoms with E-state index in [-0.39, 0.29) is 36.5 Å². The Morgan fingerprint density at radius 3 is 2.16 bits per heavy atom. The lowest BCUT2D eigenvalue weighted by molar-refractivity contribution is -0.0755. The molecule has 31 heavy (non-hydrogen) atoms. The molecular formula is C24H27NO6. The summed E-state index contributed by atoms with van der Waals surface area (Å²) >= 11 is 0. The van der Waals surface area contributed by atoms with E-state index in [1.54, 1.807) is 37.3 Å². The zero-order chi connectivity index (χ0) is 21.8. The smallest absolute Gasteiger partial charge is 0.410 e. The zero-order valence-electron chi connectivity index (χ0n) is 17.8. The number of Topliss-reactive ketones (excluding diaryl/α,β-unsaturated/α-hetero) is 1. The van der Waals surface area contributed by atoms with Gasteiger partial charge in [-0.15, -0.1) is 0 Å². The highest BCUT2D eigenvalue weighted by atomic mass is 16.6. The summed E-state index contributed by atoms with van der Waals surface area (Å²) in [7, 11) is 3.12. The third-order valence-electron chi connectivity index (χ3n) is 5.94. The van der Waals surface area contributed by atoms with Gasteiger partial charge in [-0.05, 0) is 30.5 Å². The average Bonchev–Trinajstić information content (AvgIpc) is 2.81. The van der Waals surface area contributed by atoms with Crippen molar-refractivity contribution in [3.8, 4) is 11.5 Å². The van der Waals surface area contributed by atoms with Gasteiger partial charge < -0.3 is 18.9 Å². The van der Waals surface area contributed by atoms with E-state index in [0.29, 0.717) is 43.1 Å². The Labute approximate surface area is 181 Å². The first-order valence-corrected chi connectivity index (χ1v) is 10.4. The fourth-order valence-corrected chi connectivity index (χ4v) is 4.41. The maximum Gasteiger partial charge on any atom is 0.410 e. The monoisotopic (exact) mass is 425 g/mol. The van der Waals surface area contributed by atoms with Crippen molar-refractivity contribution >= 4 is 11.9 Å². The second kappa shape index (κ2) is 9.39. The molecule has 164 valence electrons. The highest BCUT2D eigenvalue weighted by molar-refractivity contribution is 5.98. The maximum absolute atomic E-state index is 13.3. The van der Waals surface area contributed by atoms with E-state index < -0.39 is 0 Å². The van der Waals surface area contributed by atoms with E-state index >= 15 is 0 Å². The van der Waals surface area contributed by atoms with Crippen molar-refractivity contribution in [1.82, 2.24) is 4.90 Å². The lowest BCUT2D eigenvalue weighted by Gasteiger charge is -2.47. The van der Waals surface area contributed by atoms with E-state index in [1.807, 2.05) is 30.3 Å². The molecule has 0 radical (unpaired) electrons. The molecule has 2 bridgehead atoms. The molecule has 7 nitrogen and oxygen atoms in total. The molecular weight excluding hydrogens is 398 g/mol. The van der Waals surface area contributed by atoms with Crippen molar-refractivity contribution in [3.05, 3.63) is 59.7 Å². The van der Waals surface area contributed by atoms with E-state index in [0.717, 1.165) is 5.56 Å². The predicted molar refractivity (Wildman–Crippen MR) is 113 cm³/mol. The van der Waals surface area contributed by atoms with Crippen LogP contribution in [0.2, 0.25) is 0 Å². The number of hydrogen-bond donors (Lipinski definition) is 0. The van der Waals surface area contributed by atoms with Crippen LogP contribution in [0, 0.1) is 5.92 Å². The summed E-state index contributed by atoms with van der Waals surface area (Å²) in [5, 5.41) is 0. The Morgan fingerprint density at radius 1 is 0.968 bits per heavy atom. The Hall–Kier alpha value is -3.06. The number of nitrogens with zero attached hydrogens (tertiary/aromatic N) is 1. The van der Waals surface area contributed by atoms with Crippen LogP contribution < -0.4 is 9.47 Å². The van der Waals surface area contributed by atoms with Crippen LogP contribution in [0.15, 0.2) is 48.5 Å². The fourth-order valence-electron chi connectivity index (χ4n) is 4.41. The molecule has 0 aromatic heterocycles. The van der Waals surface area contributed by atoms with E-state index in [9.17, 15) is 9.59 Å². The number of hydrogen-bond acceptors (Lipinski definition) is 6. The molecule has 2 heterocycles. The summed E-state index contributed by atoms with van der Waals surface area (Å²) in [4.78, 5) is 27.9. The van der Waals surface area contributed by atoms with Gasteiger partial charge in [-0.2, -0.15) is 0 Å². The quantitative estimate of drug-likeness (QED) is 0.657. The highest BCUT2D eigenvalue weighted by Gasteiger charge is 2.44. The number of piperidine rings is 1. The van der Waals surface area contributed by atoms with Crippen LogP contribution in [0.25, 0.3) is 0 Å². The first-order chi connectivity index (χ1) is 15.1. The molecule has 7 heteroatoms. The number of morpholine rings is 1. The minimum Gasteiger partial charge on any atom is -0.497 e. The largest absolute Gasteiger partial charge is 0.497 e. The summed E-state index contributed by atoms with van der Waals surface area (Å²) in [6, 6.07) is 14.4. The molecule has 2 unspecified atom stereocenters. The number of amides is 1. The molecule has 2 aromatic rings. The Bertz CT molecular complexity index is 895. The van der Waals surface area contributed by atoms with Crippen LogP contribution in [0.4, 0.5) is 4.79 Å². The molecule has 2 atom stereocenters. The number of benzene rings is 2. The molecule has 2 aliphatic heterocycles. The highest BCUT2D eigenvalue weighted by Crippen LogP contribution is 2.35. The van der Waals surface area contributed by atoms with Crippen molar-refractivity contribution in [2.75, 3.05) is 27.4 Å². The lowest BCUT2D eigenvalue weighted by atomic mass is 9.81.